The van der Waals surface area contributed by atoms with Gasteiger partial charge in [0.15, 0.2) is 0 Å². The molecule has 1 aliphatic heterocycles. The highest BCUT2D eigenvalue weighted by atomic mass is 35.5. The first-order chi connectivity index (χ1) is 12.1. The van der Waals surface area contributed by atoms with Crippen molar-refractivity contribution in [3.63, 3.8) is 0 Å². The number of carbonyl (C=O) groups excluding carboxylic acids is 2. The summed E-state index contributed by atoms with van der Waals surface area (Å²) in [6, 6.07) is 12.1. The molecule has 0 saturated carbocycles. The Hall–Kier alpha value is -2.60. The molecule has 0 unspecified atom stereocenters. The maximum Gasteiger partial charge on any atom is 0.321 e. The van der Waals surface area contributed by atoms with Gasteiger partial charge in [-0.3, -0.25) is 9.78 Å². The maximum absolute atomic E-state index is 12.5. The van der Waals surface area contributed by atoms with E-state index in [-0.39, 0.29) is 11.9 Å². The number of rotatable bonds is 2. The predicted molar refractivity (Wildman–Crippen MR) is 96.8 cm³/mol. The molecule has 1 fully saturated rings. The molecule has 7 heteroatoms. The minimum absolute atomic E-state index is 0.0967. The van der Waals surface area contributed by atoms with Crippen LogP contribution in [0.5, 0.6) is 0 Å². The van der Waals surface area contributed by atoms with Gasteiger partial charge in [0, 0.05) is 43.1 Å². The van der Waals surface area contributed by atoms with Crippen molar-refractivity contribution in [1.82, 2.24) is 14.8 Å². The molecule has 1 aliphatic rings. The lowest BCUT2D eigenvalue weighted by Gasteiger charge is -2.22. The number of hydrogen-bond donors (Lipinski definition) is 1. The Morgan fingerprint density at radius 1 is 0.960 bits per heavy atom. The second-order valence-corrected chi connectivity index (χ2v) is 6.22. The molecule has 25 heavy (non-hydrogen) atoms. The summed E-state index contributed by atoms with van der Waals surface area (Å²) < 4.78 is 0. The van der Waals surface area contributed by atoms with Crippen molar-refractivity contribution in [1.29, 1.82) is 0 Å². The van der Waals surface area contributed by atoms with E-state index in [1.165, 1.54) is 0 Å². The van der Waals surface area contributed by atoms with Crippen LogP contribution in [0.15, 0.2) is 48.7 Å². The zero-order chi connectivity index (χ0) is 17.6. The summed E-state index contributed by atoms with van der Waals surface area (Å²) >= 11 is 5.85. The molecule has 0 aliphatic carbocycles. The SMILES string of the molecule is O=C(Nc1ccc(Cl)cc1)N1CCCN(C(=O)c2ccccn2)CC1. The first-order valence-electron chi connectivity index (χ1n) is 8.15. The van der Waals surface area contributed by atoms with E-state index < -0.39 is 0 Å². The molecular formula is C18H19ClN4O2. The van der Waals surface area contributed by atoms with Crippen LogP contribution in [0.1, 0.15) is 16.9 Å². The normalized spacial score (nSPS) is 14.8. The Labute approximate surface area is 151 Å². The summed E-state index contributed by atoms with van der Waals surface area (Å²) in [4.78, 5) is 32.5. The van der Waals surface area contributed by atoms with Crippen molar-refractivity contribution >= 4 is 29.2 Å². The third kappa shape index (κ3) is 4.48. The van der Waals surface area contributed by atoms with E-state index in [2.05, 4.69) is 10.3 Å². The summed E-state index contributed by atoms with van der Waals surface area (Å²) in [7, 11) is 0. The Balaban J connectivity index is 1.58. The second-order valence-electron chi connectivity index (χ2n) is 5.78. The van der Waals surface area contributed by atoms with Crippen LogP contribution in [0.3, 0.4) is 0 Å². The number of pyridine rings is 1. The molecule has 3 amide bonds. The van der Waals surface area contributed by atoms with Gasteiger partial charge in [-0.2, -0.15) is 0 Å². The van der Waals surface area contributed by atoms with Gasteiger partial charge in [-0.25, -0.2) is 4.79 Å². The predicted octanol–water partition coefficient (Wildman–Crippen LogP) is 3.12. The molecule has 2 heterocycles. The van der Waals surface area contributed by atoms with Gasteiger partial charge in [-0.1, -0.05) is 17.7 Å². The average Bonchev–Trinajstić information content (AvgIpc) is 2.90. The van der Waals surface area contributed by atoms with E-state index in [0.717, 1.165) is 6.42 Å². The van der Waals surface area contributed by atoms with Crippen LogP contribution in [0.4, 0.5) is 10.5 Å². The van der Waals surface area contributed by atoms with E-state index >= 15 is 0 Å². The standard InChI is InChI=1S/C18H19ClN4O2/c19-14-5-7-15(8-6-14)21-18(25)23-11-3-10-22(12-13-23)17(24)16-4-1-2-9-20-16/h1-2,4-9H,3,10-13H2,(H,21,25). The van der Waals surface area contributed by atoms with E-state index in [1.807, 2.05) is 0 Å². The minimum atomic E-state index is -0.172. The average molecular weight is 359 g/mol. The topological polar surface area (TPSA) is 65.5 Å². The van der Waals surface area contributed by atoms with Gasteiger partial charge in [-0.05, 0) is 42.8 Å². The van der Waals surface area contributed by atoms with Gasteiger partial charge in [0.1, 0.15) is 5.69 Å². The summed E-state index contributed by atoms with van der Waals surface area (Å²) in [5.74, 6) is -0.0967. The highest BCUT2D eigenvalue weighted by Gasteiger charge is 2.23. The number of halogens is 1. The lowest BCUT2D eigenvalue weighted by atomic mass is 10.3. The van der Waals surface area contributed by atoms with Crippen molar-refractivity contribution in [2.45, 2.75) is 6.42 Å². The van der Waals surface area contributed by atoms with E-state index in [0.29, 0.717) is 42.6 Å². The van der Waals surface area contributed by atoms with Crippen molar-refractivity contribution in [2.24, 2.45) is 0 Å². The fourth-order valence-electron chi connectivity index (χ4n) is 2.71. The molecule has 1 N–H and O–H groups in total. The number of nitrogens with zero attached hydrogens (tertiary/aromatic N) is 3. The van der Waals surface area contributed by atoms with Crippen molar-refractivity contribution in [3.8, 4) is 0 Å². The number of anilines is 1. The van der Waals surface area contributed by atoms with Crippen molar-refractivity contribution in [3.05, 3.63) is 59.4 Å². The van der Waals surface area contributed by atoms with Gasteiger partial charge in [0.25, 0.3) is 5.91 Å². The van der Waals surface area contributed by atoms with Crippen LogP contribution in [-0.2, 0) is 0 Å². The molecule has 6 nitrogen and oxygen atoms in total. The van der Waals surface area contributed by atoms with Gasteiger partial charge in [0.05, 0.1) is 0 Å². The molecule has 3 rings (SSSR count). The highest BCUT2D eigenvalue weighted by molar-refractivity contribution is 6.30. The monoisotopic (exact) mass is 358 g/mol. The molecule has 1 aromatic heterocycles. The number of carbonyl (C=O) groups is 2. The van der Waals surface area contributed by atoms with Crippen LogP contribution in [0.25, 0.3) is 0 Å². The number of amides is 3. The Kier molecular flexibility index (Phi) is 5.50. The number of hydrogen-bond acceptors (Lipinski definition) is 3. The largest absolute Gasteiger partial charge is 0.335 e. The molecule has 0 radical (unpaired) electrons. The molecule has 0 atom stereocenters. The van der Waals surface area contributed by atoms with Crippen LogP contribution in [-0.4, -0.2) is 52.9 Å². The van der Waals surface area contributed by atoms with Crippen LogP contribution < -0.4 is 5.32 Å². The molecular weight excluding hydrogens is 340 g/mol. The van der Waals surface area contributed by atoms with Crippen LogP contribution in [0, 0.1) is 0 Å². The molecule has 0 bridgehead atoms. The van der Waals surface area contributed by atoms with Gasteiger partial charge < -0.3 is 15.1 Å². The zero-order valence-corrected chi connectivity index (χ0v) is 14.4. The first-order valence-corrected chi connectivity index (χ1v) is 8.53. The third-order valence-corrected chi connectivity index (χ3v) is 4.30. The van der Waals surface area contributed by atoms with Crippen molar-refractivity contribution in [2.75, 3.05) is 31.5 Å². The number of urea groups is 1. The van der Waals surface area contributed by atoms with Crippen molar-refractivity contribution < 1.29 is 9.59 Å². The summed E-state index contributed by atoms with van der Waals surface area (Å²) in [5.41, 5.74) is 1.13. The summed E-state index contributed by atoms with van der Waals surface area (Å²) in [5, 5.41) is 3.48. The van der Waals surface area contributed by atoms with Gasteiger partial charge >= 0.3 is 6.03 Å². The number of nitrogens with one attached hydrogen (secondary N) is 1. The van der Waals surface area contributed by atoms with Crippen LogP contribution in [0.2, 0.25) is 5.02 Å². The van der Waals surface area contributed by atoms with Gasteiger partial charge in [-0.15, -0.1) is 0 Å². The number of benzene rings is 1. The summed E-state index contributed by atoms with van der Waals surface area (Å²) in [6.07, 6.45) is 2.34. The molecule has 1 aromatic carbocycles. The Morgan fingerprint density at radius 3 is 2.40 bits per heavy atom. The Morgan fingerprint density at radius 2 is 1.68 bits per heavy atom. The first kappa shape index (κ1) is 17.2. The highest BCUT2D eigenvalue weighted by Crippen LogP contribution is 2.15. The van der Waals surface area contributed by atoms with Crippen LogP contribution >= 0.6 is 11.6 Å². The lowest BCUT2D eigenvalue weighted by molar-refractivity contribution is 0.0757. The smallest absolute Gasteiger partial charge is 0.321 e. The quantitative estimate of drug-likeness (QED) is 0.897. The fourth-order valence-corrected chi connectivity index (χ4v) is 2.84. The zero-order valence-electron chi connectivity index (χ0n) is 13.7. The fraction of sp³-hybridized carbons (Fsp3) is 0.278. The van der Waals surface area contributed by atoms with E-state index in [4.69, 9.17) is 11.6 Å². The van der Waals surface area contributed by atoms with E-state index in [1.54, 1.807) is 58.5 Å². The minimum Gasteiger partial charge on any atom is -0.335 e. The van der Waals surface area contributed by atoms with Gasteiger partial charge in [0.2, 0.25) is 0 Å². The Bertz CT molecular complexity index is 737. The third-order valence-electron chi connectivity index (χ3n) is 4.05. The molecule has 0 spiro atoms. The molecule has 130 valence electrons. The molecule has 2 aromatic rings. The summed E-state index contributed by atoms with van der Waals surface area (Å²) in [6.45, 7) is 2.19. The van der Waals surface area contributed by atoms with E-state index in [9.17, 15) is 9.59 Å². The maximum atomic E-state index is 12.5. The molecule has 1 saturated heterocycles. The number of aromatic nitrogens is 1. The lowest BCUT2D eigenvalue weighted by Crippen LogP contribution is -2.39. The second kappa shape index (κ2) is 7.98.